The van der Waals surface area contributed by atoms with Crippen molar-refractivity contribution in [3.63, 3.8) is 0 Å². The molecule has 0 atom stereocenters. The summed E-state index contributed by atoms with van der Waals surface area (Å²) in [6, 6.07) is 0. The zero-order valence-electron chi connectivity index (χ0n) is 11.0. The van der Waals surface area contributed by atoms with Gasteiger partial charge in [-0.25, -0.2) is 4.98 Å². The smallest absolute Gasteiger partial charge is 0.229 e. The minimum atomic E-state index is 0. The molecule has 1 amide bonds. The maximum atomic E-state index is 12.1. The maximum Gasteiger partial charge on any atom is 0.229 e. The van der Waals surface area contributed by atoms with Crippen LogP contribution < -0.4 is 5.32 Å². The van der Waals surface area contributed by atoms with Crippen LogP contribution in [0.15, 0.2) is 12.4 Å². The van der Waals surface area contributed by atoms with Gasteiger partial charge in [-0.1, -0.05) is 27.7 Å². The third-order valence-electron chi connectivity index (χ3n) is 4.32. The van der Waals surface area contributed by atoms with Gasteiger partial charge in [-0.15, -0.1) is 0 Å². The van der Waals surface area contributed by atoms with Crippen LogP contribution in [0.4, 0.5) is 5.82 Å². The molecule has 2 rings (SSSR count). The molecule has 1 saturated carbocycles. The molecule has 0 unspecified atom stereocenters. The largest absolute Gasteiger partial charge is 0.309 e. The first-order chi connectivity index (χ1) is 7.76. The Kier molecular flexibility index (Phi) is 2.49. The van der Waals surface area contributed by atoms with E-state index in [-0.39, 0.29) is 24.1 Å². The molecule has 1 fully saturated rings. The molecule has 17 heavy (non-hydrogen) atoms. The normalized spacial score (nSPS) is 21.0. The van der Waals surface area contributed by atoms with Crippen LogP contribution in [0.1, 0.15) is 34.8 Å². The van der Waals surface area contributed by atoms with E-state index in [1.165, 1.54) is 0 Å². The molecule has 0 spiro atoms. The lowest BCUT2D eigenvalue weighted by Gasteiger charge is -2.05. The zero-order valence-corrected chi connectivity index (χ0v) is 11.0. The summed E-state index contributed by atoms with van der Waals surface area (Å²) in [4.78, 5) is 20.3. The lowest BCUT2D eigenvalue weighted by atomic mass is 10.0. The molecule has 1 aromatic heterocycles. The molecule has 0 bridgehead atoms. The van der Waals surface area contributed by atoms with Gasteiger partial charge >= 0.3 is 0 Å². The number of nitrogens with one attached hydrogen (secondary N) is 1. The van der Waals surface area contributed by atoms with Gasteiger partial charge in [0.05, 0.1) is 18.1 Å². The van der Waals surface area contributed by atoms with Crippen molar-refractivity contribution in [1.29, 1.82) is 0 Å². The number of nitrogens with zero attached hydrogens (tertiary/aromatic N) is 2. The van der Waals surface area contributed by atoms with Crippen molar-refractivity contribution in [1.82, 2.24) is 9.97 Å². The number of amides is 1. The first-order valence-corrected chi connectivity index (χ1v) is 5.86. The molecule has 1 N–H and O–H groups in total. The van der Waals surface area contributed by atoms with Crippen molar-refractivity contribution in [3.8, 4) is 0 Å². The summed E-state index contributed by atoms with van der Waals surface area (Å²) in [6.07, 6.45) is 3.24. The highest BCUT2D eigenvalue weighted by Gasteiger charge is 2.68. The van der Waals surface area contributed by atoms with Gasteiger partial charge in [0.25, 0.3) is 0 Å². The van der Waals surface area contributed by atoms with E-state index in [0.717, 1.165) is 5.69 Å². The van der Waals surface area contributed by atoms with Crippen LogP contribution in [0.2, 0.25) is 0 Å². The molecule has 1 aliphatic rings. The summed E-state index contributed by atoms with van der Waals surface area (Å²) < 4.78 is 0. The second-order valence-electron chi connectivity index (χ2n) is 5.91. The Morgan fingerprint density at radius 3 is 2.24 bits per heavy atom. The maximum absolute atomic E-state index is 12.1. The number of carbonyl (C=O) groups excluding carboxylic acids is 1. The Morgan fingerprint density at radius 1 is 1.24 bits per heavy atom. The first kappa shape index (κ1) is 12.0. The van der Waals surface area contributed by atoms with Gasteiger partial charge in [-0.3, -0.25) is 9.78 Å². The Morgan fingerprint density at radius 2 is 1.82 bits per heavy atom. The lowest BCUT2D eigenvalue weighted by Crippen LogP contribution is -2.18. The fraction of sp³-hybridized carbons (Fsp3) is 0.615. The molecule has 4 heteroatoms. The number of carbonyl (C=O) groups is 1. The molecule has 0 aliphatic heterocycles. The van der Waals surface area contributed by atoms with E-state index in [4.69, 9.17) is 0 Å². The molecule has 1 aliphatic carbocycles. The van der Waals surface area contributed by atoms with Crippen LogP contribution in [0.3, 0.4) is 0 Å². The van der Waals surface area contributed by atoms with Gasteiger partial charge in [0.1, 0.15) is 0 Å². The minimum absolute atomic E-state index is 0. The van der Waals surface area contributed by atoms with Crippen LogP contribution in [0.5, 0.6) is 0 Å². The van der Waals surface area contributed by atoms with E-state index in [1.807, 2.05) is 6.92 Å². The van der Waals surface area contributed by atoms with Gasteiger partial charge in [0.15, 0.2) is 5.82 Å². The molecule has 4 nitrogen and oxygen atoms in total. The molecular weight excluding hydrogens is 214 g/mol. The standard InChI is InChI=1S/C13H19N3O.H2/c1-8-6-15-9(7-14-8)16-11(17)10-12(2,3)13(10,4)5;/h6-7,10H,1-5H3,(H,15,16,17);1H. The van der Waals surface area contributed by atoms with Crippen LogP contribution in [-0.2, 0) is 4.79 Å². The number of aromatic nitrogens is 2. The van der Waals surface area contributed by atoms with Crippen LogP contribution >= 0.6 is 0 Å². The molecular formula is C13H21N3O. The van der Waals surface area contributed by atoms with Crippen molar-refractivity contribution < 1.29 is 6.22 Å². The SMILES string of the molecule is Cc1cnc(NC(=O)C2C(C)(C)C2(C)C)cn1.[HH]. The van der Waals surface area contributed by atoms with E-state index >= 15 is 0 Å². The molecule has 0 aromatic carbocycles. The average molecular weight is 235 g/mol. The second-order valence-corrected chi connectivity index (χ2v) is 5.91. The summed E-state index contributed by atoms with van der Waals surface area (Å²) in [6.45, 7) is 10.4. The highest BCUT2D eigenvalue weighted by atomic mass is 16.2. The van der Waals surface area contributed by atoms with Crippen molar-refractivity contribution in [3.05, 3.63) is 18.1 Å². The molecule has 1 aromatic rings. The molecule has 0 radical (unpaired) electrons. The fourth-order valence-electron chi connectivity index (χ4n) is 2.51. The first-order valence-electron chi connectivity index (χ1n) is 5.86. The Hall–Kier alpha value is -1.45. The van der Waals surface area contributed by atoms with E-state index in [9.17, 15) is 4.79 Å². The van der Waals surface area contributed by atoms with Crippen molar-refractivity contribution in [2.24, 2.45) is 16.7 Å². The summed E-state index contributed by atoms with van der Waals surface area (Å²) in [5.41, 5.74) is 0.944. The Labute approximate surface area is 103 Å². The summed E-state index contributed by atoms with van der Waals surface area (Å²) in [5.74, 6) is 0.607. The van der Waals surface area contributed by atoms with E-state index in [2.05, 4.69) is 43.0 Å². The number of aryl methyl sites for hydroxylation is 1. The molecule has 0 saturated heterocycles. The monoisotopic (exact) mass is 235 g/mol. The quantitative estimate of drug-likeness (QED) is 0.857. The summed E-state index contributed by atoms with van der Waals surface area (Å²) in [7, 11) is 0. The number of hydrogen-bond acceptors (Lipinski definition) is 3. The Bertz CT molecular complexity index is 440. The predicted molar refractivity (Wildman–Crippen MR) is 68.6 cm³/mol. The van der Waals surface area contributed by atoms with Crippen LogP contribution in [0, 0.1) is 23.7 Å². The zero-order chi connectivity index (χ0) is 12.8. The van der Waals surface area contributed by atoms with Crippen molar-refractivity contribution in [2.75, 3.05) is 5.32 Å². The summed E-state index contributed by atoms with van der Waals surface area (Å²) in [5, 5.41) is 2.83. The van der Waals surface area contributed by atoms with Gasteiger partial charge in [-0.2, -0.15) is 0 Å². The van der Waals surface area contributed by atoms with Crippen LogP contribution in [-0.4, -0.2) is 15.9 Å². The van der Waals surface area contributed by atoms with Gasteiger partial charge in [0.2, 0.25) is 5.91 Å². The lowest BCUT2D eigenvalue weighted by molar-refractivity contribution is -0.118. The van der Waals surface area contributed by atoms with Gasteiger partial charge in [-0.05, 0) is 17.8 Å². The third-order valence-corrected chi connectivity index (χ3v) is 4.32. The molecule has 94 valence electrons. The predicted octanol–water partition coefficient (Wildman–Crippen LogP) is 2.65. The second kappa shape index (κ2) is 3.52. The topological polar surface area (TPSA) is 54.9 Å². The van der Waals surface area contributed by atoms with Crippen molar-refractivity contribution in [2.45, 2.75) is 34.6 Å². The highest BCUT2D eigenvalue weighted by molar-refractivity contribution is 5.95. The van der Waals surface area contributed by atoms with Gasteiger partial charge < -0.3 is 5.32 Å². The summed E-state index contributed by atoms with van der Waals surface area (Å²) >= 11 is 0. The van der Waals surface area contributed by atoms with E-state index in [1.54, 1.807) is 12.4 Å². The van der Waals surface area contributed by atoms with Crippen molar-refractivity contribution >= 4 is 11.7 Å². The van der Waals surface area contributed by atoms with Crippen LogP contribution in [0.25, 0.3) is 0 Å². The number of rotatable bonds is 2. The third kappa shape index (κ3) is 1.81. The number of hydrogen-bond donors (Lipinski definition) is 1. The minimum Gasteiger partial charge on any atom is -0.309 e. The molecule has 1 heterocycles. The average Bonchev–Trinajstić information content (AvgIpc) is 2.61. The van der Waals surface area contributed by atoms with E-state index in [0.29, 0.717) is 5.82 Å². The van der Waals surface area contributed by atoms with E-state index < -0.39 is 0 Å². The fourth-order valence-corrected chi connectivity index (χ4v) is 2.51. The number of anilines is 1. The Balaban J connectivity index is 0.00000162. The van der Waals surface area contributed by atoms with Gasteiger partial charge in [0, 0.05) is 7.34 Å². The highest BCUT2D eigenvalue weighted by Crippen LogP contribution is 2.68.